The summed E-state index contributed by atoms with van der Waals surface area (Å²) in [6.07, 6.45) is 0. The van der Waals surface area contributed by atoms with Crippen LogP contribution in [0.3, 0.4) is 0 Å². The molecule has 0 aliphatic rings. The smallest absolute Gasteiger partial charge is 0.251 e. The van der Waals surface area contributed by atoms with Crippen LogP contribution in [-0.4, -0.2) is 32.7 Å². The van der Waals surface area contributed by atoms with E-state index >= 15 is 0 Å². The first-order chi connectivity index (χ1) is 8.67. The Bertz CT molecular complexity index is 380. The van der Waals surface area contributed by atoms with E-state index in [4.69, 9.17) is 4.74 Å². The highest BCUT2D eigenvalue weighted by atomic mass is 16.5. The van der Waals surface area contributed by atoms with Crippen LogP contribution < -0.4 is 10.6 Å². The van der Waals surface area contributed by atoms with Crippen LogP contribution >= 0.6 is 0 Å². The molecule has 0 aliphatic carbocycles. The van der Waals surface area contributed by atoms with Gasteiger partial charge in [-0.3, -0.25) is 4.79 Å². The number of hydrogen-bond acceptors (Lipinski definition) is 3. The summed E-state index contributed by atoms with van der Waals surface area (Å²) in [5.74, 6) is 0.397. The second-order valence-corrected chi connectivity index (χ2v) is 4.38. The molecular formula is C14H22N2O2. The van der Waals surface area contributed by atoms with Crippen molar-refractivity contribution in [2.45, 2.75) is 13.8 Å². The second kappa shape index (κ2) is 7.71. The van der Waals surface area contributed by atoms with Crippen LogP contribution in [0.5, 0.6) is 0 Å². The number of methoxy groups -OCH3 is 1. The molecule has 1 aromatic rings. The first-order valence-corrected chi connectivity index (χ1v) is 6.28. The molecule has 0 spiro atoms. The van der Waals surface area contributed by atoms with Crippen molar-refractivity contribution in [1.82, 2.24) is 5.32 Å². The van der Waals surface area contributed by atoms with Gasteiger partial charge in [-0.05, 0) is 31.0 Å². The van der Waals surface area contributed by atoms with E-state index in [2.05, 4.69) is 17.6 Å². The fourth-order valence-corrected chi connectivity index (χ4v) is 1.67. The number of hydrogen-bond donors (Lipinski definition) is 2. The Morgan fingerprint density at radius 1 is 1.44 bits per heavy atom. The van der Waals surface area contributed by atoms with E-state index < -0.39 is 0 Å². The second-order valence-electron chi connectivity index (χ2n) is 4.38. The molecule has 100 valence electrons. The molecule has 1 rings (SSSR count). The monoisotopic (exact) mass is 250 g/mol. The van der Waals surface area contributed by atoms with E-state index in [1.54, 1.807) is 7.11 Å². The van der Waals surface area contributed by atoms with Crippen LogP contribution in [0.1, 0.15) is 24.2 Å². The fraction of sp³-hybridized carbons (Fsp3) is 0.500. The lowest BCUT2D eigenvalue weighted by atomic mass is 10.1. The van der Waals surface area contributed by atoms with Crippen molar-refractivity contribution in [2.24, 2.45) is 5.92 Å². The minimum Gasteiger partial charge on any atom is -0.385 e. The van der Waals surface area contributed by atoms with Crippen LogP contribution in [0.4, 0.5) is 5.69 Å². The summed E-state index contributed by atoms with van der Waals surface area (Å²) in [6.45, 7) is 6.22. The third-order valence-corrected chi connectivity index (χ3v) is 2.57. The van der Waals surface area contributed by atoms with Gasteiger partial charge < -0.3 is 15.4 Å². The molecule has 0 aliphatic heterocycles. The van der Waals surface area contributed by atoms with Crippen molar-refractivity contribution >= 4 is 11.6 Å². The van der Waals surface area contributed by atoms with E-state index in [1.807, 2.05) is 31.2 Å². The van der Waals surface area contributed by atoms with Crippen molar-refractivity contribution in [3.05, 3.63) is 29.8 Å². The number of carbonyl (C=O) groups is 1. The first-order valence-electron chi connectivity index (χ1n) is 6.28. The Balaban J connectivity index is 2.56. The Morgan fingerprint density at radius 2 is 2.22 bits per heavy atom. The van der Waals surface area contributed by atoms with Gasteiger partial charge in [-0.25, -0.2) is 0 Å². The largest absolute Gasteiger partial charge is 0.385 e. The molecule has 4 nitrogen and oxygen atoms in total. The quantitative estimate of drug-likeness (QED) is 0.779. The molecule has 1 amide bonds. The Hall–Kier alpha value is -1.55. The normalized spacial score (nSPS) is 11.9. The number of rotatable bonds is 7. The van der Waals surface area contributed by atoms with Crippen LogP contribution in [0.15, 0.2) is 24.3 Å². The van der Waals surface area contributed by atoms with Crippen LogP contribution in [0.25, 0.3) is 0 Å². The summed E-state index contributed by atoms with van der Waals surface area (Å²) in [7, 11) is 1.70. The zero-order valence-corrected chi connectivity index (χ0v) is 11.3. The van der Waals surface area contributed by atoms with Gasteiger partial charge in [0.15, 0.2) is 0 Å². The number of nitrogens with one attached hydrogen (secondary N) is 2. The standard InChI is InChI=1S/C14H22N2O2/c1-4-15-14(17)12-6-5-7-13(8-12)16-9-11(2)10-18-3/h5-8,11,16H,4,9-10H2,1-3H3,(H,15,17). The van der Waals surface area contributed by atoms with Gasteiger partial charge in [0.25, 0.3) is 5.91 Å². The summed E-state index contributed by atoms with van der Waals surface area (Å²) in [5.41, 5.74) is 1.64. The number of amides is 1. The molecule has 1 aromatic carbocycles. The molecule has 0 saturated carbocycles. The lowest BCUT2D eigenvalue weighted by molar-refractivity contribution is 0.0956. The van der Waals surface area contributed by atoms with Crippen LogP contribution in [0.2, 0.25) is 0 Å². The maximum atomic E-state index is 11.7. The molecule has 0 radical (unpaired) electrons. The highest BCUT2D eigenvalue weighted by molar-refractivity contribution is 5.95. The minimum absolute atomic E-state index is 0.0360. The van der Waals surface area contributed by atoms with Gasteiger partial charge in [-0.2, -0.15) is 0 Å². The van der Waals surface area contributed by atoms with Crippen molar-refractivity contribution in [2.75, 3.05) is 32.1 Å². The maximum absolute atomic E-state index is 11.7. The van der Waals surface area contributed by atoms with Crippen LogP contribution in [0, 0.1) is 5.92 Å². The number of ether oxygens (including phenoxy) is 1. The Morgan fingerprint density at radius 3 is 2.89 bits per heavy atom. The van der Waals surface area contributed by atoms with Gasteiger partial charge in [0.2, 0.25) is 0 Å². The molecule has 4 heteroatoms. The summed E-state index contributed by atoms with van der Waals surface area (Å²) in [4.78, 5) is 11.7. The van der Waals surface area contributed by atoms with Gasteiger partial charge in [0.1, 0.15) is 0 Å². The van der Waals surface area contributed by atoms with Gasteiger partial charge in [0.05, 0.1) is 6.61 Å². The van der Waals surface area contributed by atoms with Gasteiger partial charge in [0, 0.05) is 31.5 Å². The number of carbonyl (C=O) groups excluding carboxylic acids is 1. The highest BCUT2D eigenvalue weighted by Gasteiger charge is 2.05. The summed E-state index contributed by atoms with van der Waals surface area (Å²) < 4.78 is 5.08. The fourth-order valence-electron chi connectivity index (χ4n) is 1.67. The number of anilines is 1. The number of benzene rings is 1. The summed E-state index contributed by atoms with van der Waals surface area (Å²) in [5, 5.41) is 6.09. The molecule has 0 heterocycles. The predicted octanol–water partition coefficient (Wildman–Crippen LogP) is 2.13. The molecule has 1 atom stereocenters. The Kier molecular flexibility index (Phi) is 6.22. The van der Waals surface area contributed by atoms with E-state index in [-0.39, 0.29) is 5.91 Å². The Labute approximate surface area is 109 Å². The zero-order chi connectivity index (χ0) is 13.4. The minimum atomic E-state index is -0.0360. The van der Waals surface area contributed by atoms with Crippen molar-refractivity contribution in [3.8, 4) is 0 Å². The maximum Gasteiger partial charge on any atom is 0.251 e. The average molecular weight is 250 g/mol. The molecule has 2 N–H and O–H groups in total. The summed E-state index contributed by atoms with van der Waals surface area (Å²) >= 11 is 0. The molecule has 0 bridgehead atoms. The molecule has 0 aromatic heterocycles. The van der Waals surface area contributed by atoms with E-state index in [9.17, 15) is 4.79 Å². The highest BCUT2D eigenvalue weighted by Crippen LogP contribution is 2.11. The van der Waals surface area contributed by atoms with Crippen molar-refractivity contribution in [1.29, 1.82) is 0 Å². The molecule has 0 saturated heterocycles. The van der Waals surface area contributed by atoms with Gasteiger partial charge >= 0.3 is 0 Å². The topological polar surface area (TPSA) is 50.4 Å². The zero-order valence-electron chi connectivity index (χ0n) is 11.3. The lowest BCUT2D eigenvalue weighted by Gasteiger charge is -2.13. The van der Waals surface area contributed by atoms with Crippen molar-refractivity contribution in [3.63, 3.8) is 0 Å². The predicted molar refractivity (Wildman–Crippen MR) is 74.0 cm³/mol. The van der Waals surface area contributed by atoms with Gasteiger partial charge in [-0.15, -0.1) is 0 Å². The first kappa shape index (κ1) is 14.5. The average Bonchev–Trinajstić information content (AvgIpc) is 2.37. The van der Waals surface area contributed by atoms with Crippen LogP contribution in [-0.2, 0) is 4.74 Å². The SMILES string of the molecule is CCNC(=O)c1cccc(NCC(C)COC)c1. The third-order valence-electron chi connectivity index (χ3n) is 2.57. The molecular weight excluding hydrogens is 228 g/mol. The molecule has 18 heavy (non-hydrogen) atoms. The third kappa shape index (κ3) is 4.75. The summed E-state index contributed by atoms with van der Waals surface area (Å²) in [6, 6.07) is 7.52. The van der Waals surface area contributed by atoms with Gasteiger partial charge in [-0.1, -0.05) is 13.0 Å². The van der Waals surface area contributed by atoms with E-state index in [0.717, 1.165) is 18.8 Å². The molecule has 0 fully saturated rings. The van der Waals surface area contributed by atoms with E-state index in [0.29, 0.717) is 18.0 Å². The van der Waals surface area contributed by atoms with E-state index in [1.165, 1.54) is 0 Å². The van der Waals surface area contributed by atoms with Crippen molar-refractivity contribution < 1.29 is 9.53 Å². The lowest BCUT2D eigenvalue weighted by Crippen LogP contribution is -2.22. The molecule has 1 unspecified atom stereocenters.